The van der Waals surface area contributed by atoms with Gasteiger partial charge in [-0.25, -0.2) is 0 Å². The SMILES string of the molecule is COc1cccc(CC(=O)CSCC(C)C)c1. The Morgan fingerprint density at radius 1 is 1.41 bits per heavy atom. The molecule has 0 spiro atoms. The van der Waals surface area contributed by atoms with Gasteiger partial charge in [0.1, 0.15) is 11.5 Å². The zero-order valence-electron chi connectivity index (χ0n) is 10.7. The lowest BCUT2D eigenvalue weighted by atomic mass is 10.1. The number of carbonyl (C=O) groups is 1. The lowest BCUT2D eigenvalue weighted by Gasteiger charge is -2.05. The molecule has 0 atom stereocenters. The van der Waals surface area contributed by atoms with Gasteiger partial charge in [-0.1, -0.05) is 26.0 Å². The molecule has 17 heavy (non-hydrogen) atoms. The molecule has 0 aliphatic heterocycles. The normalized spacial score (nSPS) is 10.6. The van der Waals surface area contributed by atoms with Crippen LogP contribution in [0.3, 0.4) is 0 Å². The molecule has 1 rings (SSSR count). The van der Waals surface area contributed by atoms with Crippen molar-refractivity contribution in [3.63, 3.8) is 0 Å². The van der Waals surface area contributed by atoms with Crippen LogP contribution in [0.2, 0.25) is 0 Å². The Bertz CT molecular complexity index is 361. The summed E-state index contributed by atoms with van der Waals surface area (Å²) in [4.78, 5) is 11.7. The van der Waals surface area contributed by atoms with Crippen LogP contribution in [0.1, 0.15) is 19.4 Å². The molecule has 0 bridgehead atoms. The van der Waals surface area contributed by atoms with E-state index in [0.717, 1.165) is 17.1 Å². The Kier molecular flexibility index (Phi) is 6.12. The van der Waals surface area contributed by atoms with E-state index in [1.807, 2.05) is 24.3 Å². The summed E-state index contributed by atoms with van der Waals surface area (Å²) in [7, 11) is 1.64. The second kappa shape index (κ2) is 7.38. The Balaban J connectivity index is 2.39. The van der Waals surface area contributed by atoms with Gasteiger partial charge in [0, 0.05) is 6.42 Å². The third kappa shape index (κ3) is 5.78. The molecule has 0 heterocycles. The topological polar surface area (TPSA) is 26.3 Å². The summed E-state index contributed by atoms with van der Waals surface area (Å²) in [5, 5.41) is 0. The molecule has 0 aliphatic carbocycles. The molecule has 1 aromatic carbocycles. The van der Waals surface area contributed by atoms with Gasteiger partial charge in [-0.05, 0) is 29.4 Å². The van der Waals surface area contributed by atoms with Crippen molar-refractivity contribution in [2.24, 2.45) is 5.92 Å². The lowest BCUT2D eigenvalue weighted by molar-refractivity contribution is -0.116. The van der Waals surface area contributed by atoms with E-state index in [4.69, 9.17) is 4.74 Å². The van der Waals surface area contributed by atoms with Crippen LogP contribution in [0.4, 0.5) is 0 Å². The average Bonchev–Trinajstić information content (AvgIpc) is 2.28. The quantitative estimate of drug-likeness (QED) is 0.745. The smallest absolute Gasteiger partial charge is 0.147 e. The summed E-state index contributed by atoms with van der Waals surface area (Å²) in [6.07, 6.45) is 0.502. The first-order valence-corrected chi connectivity index (χ1v) is 6.99. The van der Waals surface area contributed by atoms with E-state index in [-0.39, 0.29) is 5.78 Å². The molecule has 1 aromatic rings. The Labute approximate surface area is 108 Å². The summed E-state index contributed by atoms with van der Waals surface area (Å²) >= 11 is 1.72. The standard InChI is InChI=1S/C14H20O2S/c1-11(2)9-17-10-13(15)7-12-5-4-6-14(8-12)16-3/h4-6,8,11H,7,9-10H2,1-3H3. The van der Waals surface area contributed by atoms with E-state index in [9.17, 15) is 4.79 Å². The van der Waals surface area contributed by atoms with E-state index in [0.29, 0.717) is 18.1 Å². The van der Waals surface area contributed by atoms with Crippen LogP contribution in [0.5, 0.6) is 5.75 Å². The van der Waals surface area contributed by atoms with Crippen molar-refractivity contribution in [2.75, 3.05) is 18.6 Å². The van der Waals surface area contributed by atoms with Gasteiger partial charge >= 0.3 is 0 Å². The van der Waals surface area contributed by atoms with Gasteiger partial charge in [0.25, 0.3) is 0 Å². The highest BCUT2D eigenvalue weighted by Gasteiger charge is 2.05. The summed E-state index contributed by atoms with van der Waals surface area (Å²) in [6, 6.07) is 7.70. The maximum atomic E-state index is 11.7. The molecule has 0 saturated heterocycles. The second-order valence-electron chi connectivity index (χ2n) is 4.48. The molecule has 3 heteroatoms. The fourth-order valence-electron chi connectivity index (χ4n) is 1.47. The van der Waals surface area contributed by atoms with Crippen LogP contribution >= 0.6 is 11.8 Å². The van der Waals surface area contributed by atoms with Gasteiger partial charge in [0.15, 0.2) is 0 Å². The van der Waals surface area contributed by atoms with Crippen molar-refractivity contribution in [1.29, 1.82) is 0 Å². The van der Waals surface area contributed by atoms with Crippen LogP contribution in [-0.4, -0.2) is 24.4 Å². The molecule has 2 nitrogen and oxygen atoms in total. The van der Waals surface area contributed by atoms with Crippen LogP contribution in [0.15, 0.2) is 24.3 Å². The Hall–Kier alpha value is -0.960. The highest BCUT2D eigenvalue weighted by Crippen LogP contribution is 2.14. The average molecular weight is 252 g/mol. The first-order chi connectivity index (χ1) is 8.11. The number of rotatable bonds is 7. The number of carbonyl (C=O) groups excluding carboxylic acids is 1. The number of ether oxygens (including phenoxy) is 1. The third-order valence-electron chi connectivity index (χ3n) is 2.25. The van der Waals surface area contributed by atoms with Crippen molar-refractivity contribution in [1.82, 2.24) is 0 Å². The number of hydrogen-bond acceptors (Lipinski definition) is 3. The molecule has 0 fully saturated rings. The molecule has 0 saturated carbocycles. The zero-order chi connectivity index (χ0) is 12.7. The lowest BCUT2D eigenvalue weighted by Crippen LogP contribution is -2.07. The molecule has 0 aromatic heterocycles. The van der Waals surface area contributed by atoms with E-state index in [1.165, 1.54) is 0 Å². The monoisotopic (exact) mass is 252 g/mol. The number of hydrogen-bond donors (Lipinski definition) is 0. The highest BCUT2D eigenvalue weighted by molar-refractivity contribution is 7.99. The molecule has 0 aliphatic rings. The molecule has 0 N–H and O–H groups in total. The van der Waals surface area contributed by atoms with Crippen molar-refractivity contribution in [2.45, 2.75) is 20.3 Å². The predicted molar refractivity (Wildman–Crippen MR) is 73.9 cm³/mol. The fraction of sp³-hybridized carbons (Fsp3) is 0.500. The maximum absolute atomic E-state index is 11.7. The van der Waals surface area contributed by atoms with Gasteiger partial charge in [0.2, 0.25) is 0 Å². The van der Waals surface area contributed by atoms with Gasteiger partial charge < -0.3 is 4.74 Å². The Morgan fingerprint density at radius 2 is 2.18 bits per heavy atom. The van der Waals surface area contributed by atoms with E-state index < -0.39 is 0 Å². The van der Waals surface area contributed by atoms with Crippen LogP contribution in [0, 0.1) is 5.92 Å². The molecule has 0 amide bonds. The Morgan fingerprint density at radius 3 is 2.82 bits per heavy atom. The fourth-order valence-corrected chi connectivity index (χ4v) is 2.39. The van der Waals surface area contributed by atoms with E-state index in [1.54, 1.807) is 18.9 Å². The summed E-state index contributed by atoms with van der Waals surface area (Å²) < 4.78 is 5.13. The van der Waals surface area contributed by atoms with Gasteiger partial charge in [0.05, 0.1) is 12.9 Å². The molecule has 0 radical (unpaired) electrons. The molecular formula is C14H20O2S. The van der Waals surface area contributed by atoms with Gasteiger partial charge in [-0.3, -0.25) is 4.79 Å². The largest absolute Gasteiger partial charge is 0.497 e. The van der Waals surface area contributed by atoms with E-state index >= 15 is 0 Å². The summed E-state index contributed by atoms with van der Waals surface area (Å²) in [5.74, 6) is 3.39. The summed E-state index contributed by atoms with van der Waals surface area (Å²) in [5.41, 5.74) is 1.03. The minimum Gasteiger partial charge on any atom is -0.497 e. The van der Waals surface area contributed by atoms with Crippen molar-refractivity contribution >= 4 is 17.5 Å². The second-order valence-corrected chi connectivity index (χ2v) is 5.51. The number of Topliss-reactive ketones (excluding diaryl/α,β-unsaturated/α-hetero) is 1. The third-order valence-corrected chi connectivity index (χ3v) is 3.68. The first-order valence-electron chi connectivity index (χ1n) is 5.84. The molecular weight excluding hydrogens is 232 g/mol. The van der Waals surface area contributed by atoms with Crippen LogP contribution < -0.4 is 4.74 Å². The predicted octanol–water partition coefficient (Wildman–Crippen LogP) is 3.20. The molecule has 0 unspecified atom stereocenters. The van der Waals surface area contributed by atoms with Crippen LogP contribution in [-0.2, 0) is 11.2 Å². The van der Waals surface area contributed by atoms with Crippen molar-refractivity contribution in [3.8, 4) is 5.75 Å². The van der Waals surface area contributed by atoms with Gasteiger partial charge in [-0.2, -0.15) is 11.8 Å². The number of thioether (sulfide) groups is 1. The zero-order valence-corrected chi connectivity index (χ0v) is 11.5. The van der Waals surface area contributed by atoms with Crippen LogP contribution in [0.25, 0.3) is 0 Å². The van der Waals surface area contributed by atoms with Crippen molar-refractivity contribution < 1.29 is 9.53 Å². The molecule has 94 valence electrons. The number of ketones is 1. The van der Waals surface area contributed by atoms with Gasteiger partial charge in [-0.15, -0.1) is 0 Å². The highest BCUT2D eigenvalue weighted by atomic mass is 32.2. The van der Waals surface area contributed by atoms with E-state index in [2.05, 4.69) is 13.8 Å². The summed E-state index contributed by atoms with van der Waals surface area (Å²) in [6.45, 7) is 4.33. The first kappa shape index (κ1) is 14.1. The van der Waals surface area contributed by atoms with Crippen molar-refractivity contribution in [3.05, 3.63) is 29.8 Å². The minimum atomic E-state index is 0.281. The maximum Gasteiger partial charge on any atom is 0.147 e. The minimum absolute atomic E-state index is 0.281. The number of benzene rings is 1. The number of methoxy groups -OCH3 is 1.